The van der Waals surface area contributed by atoms with Crippen molar-refractivity contribution < 1.29 is 14.3 Å². The highest BCUT2D eigenvalue weighted by Gasteiger charge is 2.19. The molecule has 0 aliphatic rings. The van der Waals surface area contributed by atoms with Crippen LogP contribution in [-0.2, 0) is 9.53 Å². The summed E-state index contributed by atoms with van der Waals surface area (Å²) in [5.41, 5.74) is 0.191. The molecule has 1 N–H and O–H groups in total. The van der Waals surface area contributed by atoms with Gasteiger partial charge in [-0.15, -0.1) is 0 Å². The zero-order valence-corrected chi connectivity index (χ0v) is 11.5. The Morgan fingerprint density at radius 3 is 2.82 bits per heavy atom. The zero-order chi connectivity index (χ0) is 13.0. The number of aromatic nitrogens is 1. The van der Waals surface area contributed by atoms with Crippen molar-refractivity contribution in [2.24, 2.45) is 0 Å². The lowest BCUT2D eigenvalue weighted by Crippen LogP contribution is -2.39. The quantitative estimate of drug-likeness (QED) is 0.681. The molecule has 0 unspecified atom stereocenters. The van der Waals surface area contributed by atoms with Crippen molar-refractivity contribution in [3.8, 4) is 0 Å². The predicted octanol–water partition coefficient (Wildman–Crippen LogP) is 1.79. The van der Waals surface area contributed by atoms with E-state index in [9.17, 15) is 9.59 Å². The molecule has 0 saturated heterocycles. The van der Waals surface area contributed by atoms with Crippen molar-refractivity contribution in [2.75, 3.05) is 7.11 Å². The van der Waals surface area contributed by atoms with E-state index < -0.39 is 17.9 Å². The molecule has 0 bridgehead atoms. The largest absolute Gasteiger partial charge is 0.467 e. The van der Waals surface area contributed by atoms with Gasteiger partial charge in [-0.1, -0.05) is 11.6 Å². The van der Waals surface area contributed by atoms with Crippen molar-refractivity contribution in [3.63, 3.8) is 0 Å². The normalized spacial score (nSPS) is 11.8. The Bertz CT molecular complexity index is 453. The molecule has 0 radical (unpaired) electrons. The van der Waals surface area contributed by atoms with Crippen molar-refractivity contribution >= 4 is 39.4 Å². The molecule has 92 valence electrons. The Hall–Kier alpha value is -1.14. The topological polar surface area (TPSA) is 68.3 Å². The number of halogens is 2. The summed E-state index contributed by atoms with van der Waals surface area (Å²) < 4.78 is 5.11. The summed E-state index contributed by atoms with van der Waals surface area (Å²) >= 11 is 8.96. The first-order valence-corrected chi connectivity index (χ1v) is 5.82. The van der Waals surface area contributed by atoms with Gasteiger partial charge in [-0.2, -0.15) is 0 Å². The average Bonchev–Trinajstić information content (AvgIpc) is 2.30. The molecule has 1 aromatic heterocycles. The van der Waals surface area contributed by atoms with Gasteiger partial charge in [-0.25, -0.2) is 9.78 Å². The van der Waals surface area contributed by atoms with E-state index in [1.54, 1.807) is 0 Å². The van der Waals surface area contributed by atoms with E-state index in [-0.39, 0.29) is 10.7 Å². The van der Waals surface area contributed by atoms with Gasteiger partial charge in [0.25, 0.3) is 5.91 Å². The van der Waals surface area contributed by atoms with E-state index in [1.807, 2.05) is 0 Å². The standard InChI is InChI=1S/C10H10BrClN2O3/c1-5(10(16)17-2)14-9(15)7-3-6(11)4-13-8(7)12/h3-5H,1-2H3,(H,14,15)/t5-/m0/s1. The fourth-order valence-corrected chi connectivity index (χ4v) is 1.61. The highest BCUT2D eigenvalue weighted by Crippen LogP contribution is 2.17. The second-order valence-corrected chi connectivity index (χ2v) is 4.48. The Labute approximate surface area is 112 Å². The minimum Gasteiger partial charge on any atom is -0.467 e. The predicted molar refractivity (Wildman–Crippen MR) is 65.9 cm³/mol. The van der Waals surface area contributed by atoms with E-state index in [1.165, 1.54) is 26.3 Å². The van der Waals surface area contributed by atoms with E-state index in [2.05, 4.69) is 31.0 Å². The molecule has 0 aliphatic carbocycles. The van der Waals surface area contributed by atoms with Crippen LogP contribution in [0.1, 0.15) is 17.3 Å². The first-order chi connectivity index (χ1) is 7.95. The number of esters is 1. The summed E-state index contributed by atoms with van der Waals surface area (Å²) in [6.45, 7) is 1.52. The molecule has 0 aliphatic heterocycles. The molecule has 0 aromatic carbocycles. The fourth-order valence-electron chi connectivity index (χ4n) is 1.09. The SMILES string of the molecule is COC(=O)[C@H](C)NC(=O)c1cc(Br)cnc1Cl. The number of hydrogen-bond donors (Lipinski definition) is 1. The monoisotopic (exact) mass is 320 g/mol. The second kappa shape index (κ2) is 5.97. The summed E-state index contributed by atoms with van der Waals surface area (Å²) in [7, 11) is 1.25. The number of ether oxygens (including phenoxy) is 1. The van der Waals surface area contributed by atoms with Crippen LogP contribution in [0.5, 0.6) is 0 Å². The lowest BCUT2D eigenvalue weighted by atomic mass is 10.2. The number of nitrogens with zero attached hydrogens (tertiary/aromatic N) is 1. The Balaban J connectivity index is 2.83. The van der Waals surface area contributed by atoms with Crippen LogP contribution in [0.15, 0.2) is 16.7 Å². The summed E-state index contributed by atoms with van der Waals surface area (Å²) in [5.74, 6) is -1.01. The van der Waals surface area contributed by atoms with Gasteiger partial charge in [0.1, 0.15) is 11.2 Å². The number of rotatable bonds is 3. The van der Waals surface area contributed by atoms with Gasteiger partial charge < -0.3 is 10.1 Å². The number of hydrogen-bond acceptors (Lipinski definition) is 4. The lowest BCUT2D eigenvalue weighted by molar-refractivity contribution is -0.142. The van der Waals surface area contributed by atoms with E-state index >= 15 is 0 Å². The minimum atomic E-state index is -0.748. The maximum absolute atomic E-state index is 11.8. The third-order valence-electron chi connectivity index (χ3n) is 1.95. The summed E-state index contributed by atoms with van der Waals surface area (Å²) in [4.78, 5) is 26.7. The number of amides is 1. The first kappa shape index (κ1) is 13.9. The van der Waals surface area contributed by atoms with Crippen LogP contribution in [-0.4, -0.2) is 30.0 Å². The van der Waals surface area contributed by atoms with Crippen molar-refractivity contribution in [2.45, 2.75) is 13.0 Å². The van der Waals surface area contributed by atoms with Crippen molar-refractivity contribution in [1.29, 1.82) is 0 Å². The third-order valence-corrected chi connectivity index (χ3v) is 2.69. The van der Waals surface area contributed by atoms with Crippen LogP contribution in [0.4, 0.5) is 0 Å². The van der Waals surface area contributed by atoms with E-state index in [0.717, 1.165) is 0 Å². The molecule has 1 heterocycles. The Kier molecular flexibility index (Phi) is 4.89. The molecule has 0 spiro atoms. The zero-order valence-electron chi connectivity index (χ0n) is 9.16. The lowest BCUT2D eigenvalue weighted by Gasteiger charge is -2.12. The van der Waals surface area contributed by atoms with Gasteiger partial charge in [0.05, 0.1) is 12.7 Å². The molecular formula is C10H10BrClN2O3. The molecule has 0 saturated carbocycles. The van der Waals surface area contributed by atoms with Crippen LogP contribution >= 0.6 is 27.5 Å². The van der Waals surface area contributed by atoms with Crippen LogP contribution in [0.3, 0.4) is 0 Å². The molecular weight excluding hydrogens is 311 g/mol. The third kappa shape index (κ3) is 3.67. The highest BCUT2D eigenvalue weighted by molar-refractivity contribution is 9.10. The molecule has 17 heavy (non-hydrogen) atoms. The molecule has 1 aromatic rings. The minimum absolute atomic E-state index is 0.0720. The smallest absolute Gasteiger partial charge is 0.328 e. The fraction of sp³-hybridized carbons (Fsp3) is 0.300. The van der Waals surface area contributed by atoms with Crippen molar-refractivity contribution in [1.82, 2.24) is 10.3 Å². The van der Waals surface area contributed by atoms with Crippen LogP contribution < -0.4 is 5.32 Å². The molecule has 0 fully saturated rings. The molecule has 7 heteroatoms. The first-order valence-electron chi connectivity index (χ1n) is 4.65. The van der Waals surface area contributed by atoms with Gasteiger partial charge in [-0.05, 0) is 28.9 Å². The molecule has 1 rings (SSSR count). The molecule has 5 nitrogen and oxygen atoms in total. The van der Waals surface area contributed by atoms with Gasteiger partial charge in [0, 0.05) is 10.7 Å². The van der Waals surface area contributed by atoms with Gasteiger partial charge >= 0.3 is 5.97 Å². The number of carbonyl (C=O) groups excluding carboxylic acids is 2. The second-order valence-electron chi connectivity index (χ2n) is 3.21. The molecule has 1 atom stereocenters. The van der Waals surface area contributed by atoms with Gasteiger partial charge in [0.2, 0.25) is 0 Å². The average molecular weight is 322 g/mol. The van der Waals surface area contributed by atoms with Crippen LogP contribution in [0.25, 0.3) is 0 Å². The van der Waals surface area contributed by atoms with Crippen LogP contribution in [0, 0.1) is 0 Å². The van der Waals surface area contributed by atoms with Gasteiger partial charge in [0.15, 0.2) is 0 Å². The summed E-state index contributed by atoms with van der Waals surface area (Å²) in [6.07, 6.45) is 1.48. The van der Waals surface area contributed by atoms with Crippen LogP contribution in [0.2, 0.25) is 5.15 Å². The number of methoxy groups -OCH3 is 1. The highest BCUT2D eigenvalue weighted by atomic mass is 79.9. The number of carbonyl (C=O) groups is 2. The van der Waals surface area contributed by atoms with E-state index in [0.29, 0.717) is 4.47 Å². The summed E-state index contributed by atoms with van der Waals surface area (Å²) in [6, 6.07) is 0.775. The van der Waals surface area contributed by atoms with Crippen molar-refractivity contribution in [3.05, 3.63) is 27.5 Å². The molecule has 1 amide bonds. The Morgan fingerprint density at radius 2 is 2.24 bits per heavy atom. The van der Waals surface area contributed by atoms with E-state index in [4.69, 9.17) is 11.6 Å². The number of pyridine rings is 1. The maximum atomic E-state index is 11.8. The Morgan fingerprint density at radius 1 is 1.59 bits per heavy atom. The summed E-state index contributed by atoms with van der Waals surface area (Å²) in [5, 5.41) is 2.53. The maximum Gasteiger partial charge on any atom is 0.328 e. The number of nitrogens with one attached hydrogen (secondary N) is 1. The van der Waals surface area contributed by atoms with Gasteiger partial charge in [-0.3, -0.25) is 4.79 Å².